The summed E-state index contributed by atoms with van der Waals surface area (Å²) in [6.45, 7) is 7.44. The average molecular weight is 354 g/mol. The average Bonchev–Trinajstić information content (AvgIpc) is 2.61. The zero-order valence-corrected chi connectivity index (χ0v) is 15.9. The third-order valence-electron chi connectivity index (χ3n) is 4.66. The molecule has 1 aliphatic heterocycles. The molecule has 1 atom stereocenters. The van der Waals surface area contributed by atoms with Crippen molar-refractivity contribution in [2.24, 2.45) is 5.92 Å². The quantitative estimate of drug-likeness (QED) is 0.913. The number of carbonyl (C=O) groups excluding carboxylic acids is 1. The van der Waals surface area contributed by atoms with Crippen LogP contribution in [0.3, 0.4) is 0 Å². The van der Waals surface area contributed by atoms with Gasteiger partial charge in [-0.1, -0.05) is 6.07 Å². The van der Waals surface area contributed by atoms with Gasteiger partial charge in [-0.15, -0.1) is 0 Å². The highest BCUT2D eigenvalue weighted by atomic mass is 16.5. The molecule has 0 aliphatic carbocycles. The van der Waals surface area contributed by atoms with Crippen molar-refractivity contribution in [1.29, 1.82) is 0 Å². The van der Waals surface area contributed by atoms with Gasteiger partial charge in [0.15, 0.2) is 0 Å². The topological polar surface area (TPSA) is 67.3 Å². The molecule has 2 aromatic rings. The summed E-state index contributed by atoms with van der Waals surface area (Å²) in [5, 5.41) is 3.04. The van der Waals surface area contributed by atoms with E-state index in [9.17, 15) is 4.79 Å². The van der Waals surface area contributed by atoms with Crippen LogP contribution in [0.4, 0.5) is 11.6 Å². The van der Waals surface area contributed by atoms with Gasteiger partial charge in [-0.05, 0) is 57.4 Å². The summed E-state index contributed by atoms with van der Waals surface area (Å²) in [7, 11) is 1.61. The summed E-state index contributed by atoms with van der Waals surface area (Å²) < 4.78 is 5.36. The van der Waals surface area contributed by atoms with E-state index in [0.29, 0.717) is 18.2 Å². The Bertz CT molecular complexity index is 786. The number of carbonyl (C=O) groups is 1. The Morgan fingerprint density at radius 1 is 1.19 bits per heavy atom. The molecule has 0 bridgehead atoms. The van der Waals surface area contributed by atoms with Gasteiger partial charge >= 0.3 is 0 Å². The maximum Gasteiger partial charge on any atom is 0.229 e. The van der Waals surface area contributed by atoms with Crippen molar-refractivity contribution in [3.05, 3.63) is 41.2 Å². The molecule has 1 aromatic heterocycles. The van der Waals surface area contributed by atoms with Gasteiger partial charge in [-0.3, -0.25) is 4.79 Å². The summed E-state index contributed by atoms with van der Waals surface area (Å²) in [5.74, 6) is 1.31. The lowest BCUT2D eigenvalue weighted by molar-refractivity contribution is -0.120. The van der Waals surface area contributed by atoms with E-state index in [4.69, 9.17) is 4.74 Å². The molecule has 1 N–H and O–H groups in total. The molecule has 6 nitrogen and oxygen atoms in total. The van der Waals surface area contributed by atoms with E-state index in [1.165, 1.54) is 0 Å². The van der Waals surface area contributed by atoms with Crippen molar-refractivity contribution in [3.8, 4) is 5.75 Å². The van der Waals surface area contributed by atoms with Crippen molar-refractivity contribution in [2.75, 3.05) is 30.4 Å². The van der Waals surface area contributed by atoms with Crippen LogP contribution in [0.2, 0.25) is 0 Å². The van der Waals surface area contributed by atoms with E-state index in [1.807, 2.05) is 45.0 Å². The molecule has 1 aliphatic rings. The summed E-state index contributed by atoms with van der Waals surface area (Å²) in [6.07, 6.45) is 1.81. The first-order valence-corrected chi connectivity index (χ1v) is 8.99. The van der Waals surface area contributed by atoms with Crippen molar-refractivity contribution in [1.82, 2.24) is 9.97 Å². The standard InChI is InChI=1S/C20H26N4O2/c1-13-7-8-18(26-4)17(10-13)23-19(25)16-6-5-9-24(12-16)20-21-14(2)11-15(3)22-20/h7-8,10-11,16H,5-6,9,12H2,1-4H3,(H,23,25)/t16-/m0/s1. The molecule has 6 heteroatoms. The second-order valence-electron chi connectivity index (χ2n) is 6.93. The lowest BCUT2D eigenvalue weighted by atomic mass is 9.97. The lowest BCUT2D eigenvalue weighted by Gasteiger charge is -2.32. The van der Waals surface area contributed by atoms with E-state index < -0.39 is 0 Å². The van der Waals surface area contributed by atoms with Crippen LogP contribution in [-0.4, -0.2) is 36.1 Å². The zero-order chi connectivity index (χ0) is 18.7. The SMILES string of the molecule is COc1ccc(C)cc1NC(=O)[C@H]1CCCN(c2nc(C)cc(C)n2)C1. The van der Waals surface area contributed by atoms with Crippen LogP contribution in [0.25, 0.3) is 0 Å². The number of aryl methyl sites for hydroxylation is 3. The van der Waals surface area contributed by atoms with Crippen LogP contribution >= 0.6 is 0 Å². The Balaban J connectivity index is 1.73. The molecule has 1 saturated heterocycles. The molecule has 1 aromatic carbocycles. The van der Waals surface area contributed by atoms with Gasteiger partial charge in [0.1, 0.15) is 5.75 Å². The minimum Gasteiger partial charge on any atom is -0.495 e. The molecule has 26 heavy (non-hydrogen) atoms. The summed E-state index contributed by atoms with van der Waals surface area (Å²) in [4.78, 5) is 24.0. The third-order valence-corrected chi connectivity index (χ3v) is 4.66. The minimum absolute atomic E-state index is 0.0166. The van der Waals surface area contributed by atoms with Crippen molar-refractivity contribution < 1.29 is 9.53 Å². The van der Waals surface area contributed by atoms with Crippen LogP contribution in [0.5, 0.6) is 5.75 Å². The molecule has 0 radical (unpaired) electrons. The van der Waals surface area contributed by atoms with Crippen molar-refractivity contribution >= 4 is 17.5 Å². The predicted molar refractivity (Wildman–Crippen MR) is 103 cm³/mol. The maximum atomic E-state index is 12.8. The third kappa shape index (κ3) is 4.12. The Hall–Kier alpha value is -2.63. The number of aromatic nitrogens is 2. The number of rotatable bonds is 4. The molecule has 1 amide bonds. The zero-order valence-electron chi connectivity index (χ0n) is 15.9. The molecule has 3 rings (SSSR count). The Labute approximate surface area is 154 Å². The highest BCUT2D eigenvalue weighted by Gasteiger charge is 2.28. The van der Waals surface area contributed by atoms with Crippen LogP contribution in [0.15, 0.2) is 24.3 Å². The molecule has 0 saturated carbocycles. The van der Waals surface area contributed by atoms with E-state index in [2.05, 4.69) is 20.2 Å². The van der Waals surface area contributed by atoms with Gasteiger partial charge < -0.3 is 15.0 Å². The van der Waals surface area contributed by atoms with E-state index in [0.717, 1.165) is 42.0 Å². The molecular weight excluding hydrogens is 328 g/mol. The first-order valence-electron chi connectivity index (χ1n) is 8.99. The van der Waals surface area contributed by atoms with Crippen LogP contribution < -0.4 is 15.0 Å². The number of methoxy groups -OCH3 is 1. The summed E-state index contributed by atoms with van der Waals surface area (Å²) in [6, 6.07) is 7.74. The number of ether oxygens (including phenoxy) is 1. The van der Waals surface area contributed by atoms with E-state index in [-0.39, 0.29) is 11.8 Å². The van der Waals surface area contributed by atoms with Gasteiger partial charge in [-0.2, -0.15) is 0 Å². The first kappa shape index (κ1) is 18.2. The lowest BCUT2D eigenvalue weighted by Crippen LogP contribution is -2.41. The monoisotopic (exact) mass is 354 g/mol. The number of hydrogen-bond acceptors (Lipinski definition) is 5. The van der Waals surface area contributed by atoms with Gasteiger partial charge in [0, 0.05) is 24.5 Å². The number of nitrogens with zero attached hydrogens (tertiary/aromatic N) is 3. The van der Waals surface area contributed by atoms with Gasteiger partial charge in [0.05, 0.1) is 18.7 Å². The second-order valence-corrected chi connectivity index (χ2v) is 6.93. The highest BCUT2D eigenvalue weighted by molar-refractivity contribution is 5.94. The number of anilines is 2. The number of piperidine rings is 1. The fourth-order valence-electron chi connectivity index (χ4n) is 3.38. The van der Waals surface area contributed by atoms with E-state index in [1.54, 1.807) is 7.11 Å². The Kier molecular flexibility index (Phi) is 5.40. The number of nitrogens with one attached hydrogen (secondary N) is 1. The second kappa shape index (κ2) is 7.72. The van der Waals surface area contributed by atoms with E-state index >= 15 is 0 Å². The van der Waals surface area contributed by atoms with Crippen molar-refractivity contribution in [2.45, 2.75) is 33.6 Å². The minimum atomic E-state index is -0.0987. The van der Waals surface area contributed by atoms with Crippen molar-refractivity contribution in [3.63, 3.8) is 0 Å². The fourth-order valence-corrected chi connectivity index (χ4v) is 3.38. The van der Waals surface area contributed by atoms with Gasteiger partial charge in [0.25, 0.3) is 0 Å². The normalized spacial score (nSPS) is 17.1. The number of hydrogen-bond donors (Lipinski definition) is 1. The smallest absolute Gasteiger partial charge is 0.229 e. The Morgan fingerprint density at radius 2 is 1.92 bits per heavy atom. The van der Waals surface area contributed by atoms with Crippen LogP contribution in [0, 0.1) is 26.7 Å². The predicted octanol–water partition coefficient (Wildman–Crippen LogP) is 3.27. The van der Waals surface area contributed by atoms with Gasteiger partial charge in [0.2, 0.25) is 11.9 Å². The number of benzene rings is 1. The molecule has 138 valence electrons. The number of amides is 1. The molecule has 0 spiro atoms. The molecular formula is C20H26N4O2. The molecule has 0 unspecified atom stereocenters. The van der Waals surface area contributed by atoms with Gasteiger partial charge in [-0.25, -0.2) is 9.97 Å². The maximum absolute atomic E-state index is 12.8. The first-order chi connectivity index (χ1) is 12.5. The highest BCUT2D eigenvalue weighted by Crippen LogP contribution is 2.27. The summed E-state index contributed by atoms with van der Waals surface area (Å²) >= 11 is 0. The summed E-state index contributed by atoms with van der Waals surface area (Å²) in [5.41, 5.74) is 3.69. The van der Waals surface area contributed by atoms with Crippen LogP contribution in [0.1, 0.15) is 29.8 Å². The molecule has 1 fully saturated rings. The fraction of sp³-hybridized carbons (Fsp3) is 0.450. The molecule has 2 heterocycles. The largest absolute Gasteiger partial charge is 0.495 e. The Morgan fingerprint density at radius 3 is 2.62 bits per heavy atom. The van der Waals surface area contributed by atoms with Crippen LogP contribution in [-0.2, 0) is 4.79 Å².